The highest BCUT2D eigenvalue weighted by atomic mass is 32.2. The lowest BCUT2D eigenvalue weighted by Crippen LogP contribution is -2.39. The Labute approximate surface area is 81.3 Å². The van der Waals surface area contributed by atoms with Crippen molar-refractivity contribution >= 4 is 41.8 Å². The first kappa shape index (κ1) is 9.16. The van der Waals surface area contributed by atoms with Crippen molar-refractivity contribution in [2.45, 2.75) is 0 Å². The molecule has 66 valence electrons. The third-order valence-corrected chi connectivity index (χ3v) is 2.26. The van der Waals surface area contributed by atoms with Gasteiger partial charge in [0.25, 0.3) is 0 Å². The van der Waals surface area contributed by atoms with Gasteiger partial charge in [0.15, 0.2) is 3.95 Å². The molecule has 1 heterocycles. The summed E-state index contributed by atoms with van der Waals surface area (Å²) >= 11 is 10.8. The summed E-state index contributed by atoms with van der Waals surface area (Å²) in [7, 11) is 0. The molecule has 0 bridgehead atoms. The summed E-state index contributed by atoms with van der Waals surface area (Å²) in [5.41, 5.74) is 9.34. The number of primary amides is 1. The number of hydrazine groups is 1. The number of H-pyrrole nitrogens is 1. The summed E-state index contributed by atoms with van der Waals surface area (Å²) in [6.45, 7) is 0. The van der Waals surface area contributed by atoms with Crippen molar-refractivity contribution in [3.63, 3.8) is 0 Å². The van der Waals surface area contributed by atoms with E-state index in [1.807, 2.05) is 0 Å². The van der Waals surface area contributed by atoms with Gasteiger partial charge in [-0.3, -0.25) is 5.10 Å². The molecule has 0 spiro atoms. The molecule has 0 aromatic carbocycles. The zero-order valence-electron chi connectivity index (χ0n) is 5.66. The number of nitrogens with two attached hydrogens (primary N) is 1. The van der Waals surface area contributed by atoms with Crippen LogP contribution in [0.1, 0.15) is 0 Å². The molecule has 0 aliphatic heterocycles. The predicted octanol–water partition coefficient (Wildman–Crippen LogP) is 0.463. The fraction of sp³-hybridized carbons (Fsp3) is 0. The van der Waals surface area contributed by atoms with Gasteiger partial charge in [-0.1, -0.05) is 11.3 Å². The number of amides is 2. The van der Waals surface area contributed by atoms with Gasteiger partial charge < -0.3 is 5.73 Å². The smallest absolute Gasteiger partial charge is 0.332 e. The number of aromatic nitrogens is 2. The SMILES string of the molecule is NC(=O)NNn1[nH]c(=S)sc1=S. The molecule has 0 radical (unpaired) electrons. The van der Waals surface area contributed by atoms with Crippen LogP contribution in [0.5, 0.6) is 0 Å². The monoisotopic (exact) mass is 223 g/mol. The standard InChI is InChI=1S/C3H5N5OS3/c4-1(9)5-7-8-3(11)12-2(10)6-8/h7H,(H,6,10)(H3,4,5,9). The van der Waals surface area contributed by atoms with Gasteiger partial charge in [0.1, 0.15) is 0 Å². The van der Waals surface area contributed by atoms with E-state index in [2.05, 4.69) is 16.1 Å². The molecule has 0 saturated carbocycles. The van der Waals surface area contributed by atoms with E-state index in [0.717, 1.165) is 0 Å². The number of nitrogens with one attached hydrogen (secondary N) is 3. The zero-order chi connectivity index (χ0) is 9.14. The Morgan fingerprint density at radius 3 is 2.75 bits per heavy atom. The van der Waals surface area contributed by atoms with Gasteiger partial charge in [0, 0.05) is 0 Å². The summed E-state index contributed by atoms with van der Waals surface area (Å²) in [5.74, 6) is 0. The number of hydrogen-bond donors (Lipinski definition) is 4. The molecule has 0 saturated heterocycles. The quantitative estimate of drug-likeness (QED) is 0.433. The molecule has 0 atom stereocenters. The maximum Gasteiger partial charge on any atom is 0.332 e. The van der Waals surface area contributed by atoms with Crippen LogP contribution in [0.15, 0.2) is 0 Å². The second kappa shape index (κ2) is 3.65. The number of hydrogen-bond acceptors (Lipinski definition) is 5. The second-order valence-electron chi connectivity index (χ2n) is 1.70. The third-order valence-electron chi connectivity index (χ3n) is 0.857. The summed E-state index contributed by atoms with van der Waals surface area (Å²) < 4.78 is 0.979. The van der Waals surface area contributed by atoms with Crippen molar-refractivity contribution in [1.82, 2.24) is 15.3 Å². The topological polar surface area (TPSA) is 87.9 Å². The molecule has 6 nitrogen and oxygen atoms in total. The molecule has 0 aliphatic rings. The first-order valence-corrected chi connectivity index (χ1v) is 4.36. The van der Waals surface area contributed by atoms with Crippen molar-refractivity contribution in [2.75, 3.05) is 5.53 Å². The average molecular weight is 223 g/mol. The highest BCUT2D eigenvalue weighted by Gasteiger charge is 1.94. The minimum Gasteiger partial charge on any atom is -0.350 e. The number of carbonyl (C=O) groups excluding carboxylic acids is 1. The normalized spacial score (nSPS) is 9.33. The molecule has 1 aromatic rings. The number of rotatable bonds is 2. The summed E-state index contributed by atoms with van der Waals surface area (Å²) in [4.78, 5) is 11.5. The van der Waals surface area contributed by atoms with E-state index in [1.165, 1.54) is 16.1 Å². The maximum atomic E-state index is 10.3. The Kier molecular flexibility index (Phi) is 2.78. The van der Waals surface area contributed by atoms with Crippen LogP contribution in [0.4, 0.5) is 4.79 Å². The summed E-state index contributed by atoms with van der Waals surface area (Å²) in [6.07, 6.45) is 0. The molecule has 5 N–H and O–H groups in total. The summed E-state index contributed by atoms with van der Waals surface area (Å²) in [6, 6.07) is -0.706. The minimum absolute atomic E-state index is 0.466. The van der Waals surface area contributed by atoms with Crippen LogP contribution in [0, 0.1) is 7.91 Å². The molecule has 12 heavy (non-hydrogen) atoms. The molecular weight excluding hydrogens is 218 g/mol. The third kappa shape index (κ3) is 2.29. The lowest BCUT2D eigenvalue weighted by molar-refractivity contribution is 0.249. The highest BCUT2D eigenvalue weighted by molar-refractivity contribution is 7.75. The van der Waals surface area contributed by atoms with E-state index < -0.39 is 6.03 Å². The van der Waals surface area contributed by atoms with Crippen molar-refractivity contribution in [2.24, 2.45) is 5.73 Å². The molecular formula is C3H5N5OS3. The first-order chi connectivity index (χ1) is 5.59. The van der Waals surface area contributed by atoms with E-state index >= 15 is 0 Å². The Bertz CT molecular complexity index is 387. The van der Waals surface area contributed by atoms with E-state index in [-0.39, 0.29) is 0 Å². The van der Waals surface area contributed by atoms with Crippen LogP contribution in [0.2, 0.25) is 0 Å². The number of carbonyl (C=O) groups is 1. The van der Waals surface area contributed by atoms with Crippen LogP contribution in [-0.4, -0.2) is 15.9 Å². The number of aromatic amines is 1. The van der Waals surface area contributed by atoms with E-state index in [1.54, 1.807) is 0 Å². The molecule has 9 heteroatoms. The van der Waals surface area contributed by atoms with Crippen molar-refractivity contribution in [1.29, 1.82) is 0 Å². The number of urea groups is 1. The Morgan fingerprint density at radius 2 is 2.33 bits per heavy atom. The molecule has 0 unspecified atom stereocenters. The fourth-order valence-electron chi connectivity index (χ4n) is 0.469. The van der Waals surface area contributed by atoms with E-state index in [4.69, 9.17) is 30.2 Å². The Hall–Kier alpha value is -0.930. The molecule has 1 aromatic heterocycles. The Balaban J connectivity index is 2.76. The van der Waals surface area contributed by atoms with E-state index in [0.29, 0.717) is 7.91 Å². The highest BCUT2D eigenvalue weighted by Crippen LogP contribution is 1.99. The van der Waals surface area contributed by atoms with Gasteiger partial charge in [-0.05, 0) is 24.4 Å². The number of nitrogens with zero attached hydrogens (tertiary/aromatic N) is 1. The van der Waals surface area contributed by atoms with Crippen LogP contribution in [-0.2, 0) is 0 Å². The van der Waals surface area contributed by atoms with Gasteiger partial charge >= 0.3 is 6.03 Å². The molecule has 2 amide bonds. The van der Waals surface area contributed by atoms with Crippen LogP contribution in [0.25, 0.3) is 0 Å². The van der Waals surface area contributed by atoms with Gasteiger partial charge in [-0.2, -0.15) is 4.79 Å². The lowest BCUT2D eigenvalue weighted by atomic mass is 11.1. The first-order valence-electron chi connectivity index (χ1n) is 2.73. The largest absolute Gasteiger partial charge is 0.350 e. The van der Waals surface area contributed by atoms with Crippen LogP contribution >= 0.6 is 35.8 Å². The predicted molar refractivity (Wildman–Crippen MR) is 50.4 cm³/mol. The average Bonchev–Trinajstić information content (AvgIpc) is 2.26. The van der Waals surface area contributed by atoms with Gasteiger partial charge in [0.2, 0.25) is 3.95 Å². The molecule has 1 rings (SSSR count). The van der Waals surface area contributed by atoms with Gasteiger partial charge in [-0.15, -0.1) is 0 Å². The van der Waals surface area contributed by atoms with Crippen molar-refractivity contribution in [3.05, 3.63) is 7.91 Å². The molecule has 0 fully saturated rings. The van der Waals surface area contributed by atoms with Gasteiger partial charge in [0.05, 0.1) is 0 Å². The Morgan fingerprint density at radius 1 is 1.67 bits per heavy atom. The fourth-order valence-corrected chi connectivity index (χ4v) is 1.78. The maximum absolute atomic E-state index is 10.3. The zero-order valence-corrected chi connectivity index (χ0v) is 8.11. The van der Waals surface area contributed by atoms with Crippen LogP contribution in [0.3, 0.4) is 0 Å². The summed E-state index contributed by atoms with van der Waals surface area (Å²) in [5, 5.41) is 2.66. The second-order valence-corrected chi connectivity index (χ2v) is 4.01. The van der Waals surface area contributed by atoms with Crippen molar-refractivity contribution < 1.29 is 4.79 Å². The van der Waals surface area contributed by atoms with Crippen molar-refractivity contribution in [3.8, 4) is 0 Å². The van der Waals surface area contributed by atoms with Crippen LogP contribution < -0.4 is 16.7 Å². The van der Waals surface area contributed by atoms with E-state index in [9.17, 15) is 4.79 Å². The molecule has 0 aliphatic carbocycles. The lowest BCUT2D eigenvalue weighted by Gasteiger charge is -2.04. The minimum atomic E-state index is -0.706. The van der Waals surface area contributed by atoms with Gasteiger partial charge in [-0.25, -0.2) is 15.8 Å².